The third-order valence-electron chi connectivity index (χ3n) is 4.07. The quantitative estimate of drug-likeness (QED) is 0.842. The lowest BCUT2D eigenvalue weighted by molar-refractivity contribution is 0.0790. The molecule has 0 aromatic heterocycles. The molecule has 0 radical (unpaired) electrons. The summed E-state index contributed by atoms with van der Waals surface area (Å²) in [5, 5.41) is 3.34. The second-order valence-corrected chi connectivity index (χ2v) is 5.37. The monoisotopic (exact) mass is 260 g/mol. The van der Waals surface area contributed by atoms with Crippen LogP contribution >= 0.6 is 0 Å². The maximum absolute atomic E-state index is 12.7. The molecule has 104 valence electrons. The standard InChI is InChI=1S/C16H24N2O/c1-4-15(18-9-7-17-8-10-18)16(19)14-6-5-12(2)13(3)11-14/h5-6,11,15,17H,4,7-10H2,1-3H3. The lowest BCUT2D eigenvalue weighted by Crippen LogP contribution is -2.51. The molecular formula is C16H24N2O. The molecule has 0 bridgehead atoms. The Morgan fingerprint density at radius 2 is 1.95 bits per heavy atom. The number of Topliss-reactive ketones (excluding diaryl/α,β-unsaturated/α-hetero) is 1. The molecule has 1 heterocycles. The predicted octanol–water partition coefficient (Wildman–Crippen LogP) is 2.17. The number of carbonyl (C=O) groups is 1. The van der Waals surface area contributed by atoms with Crippen LogP contribution in [-0.2, 0) is 0 Å². The lowest BCUT2D eigenvalue weighted by atomic mass is 9.97. The first kappa shape index (κ1) is 14.2. The first-order valence-electron chi connectivity index (χ1n) is 7.19. The molecule has 1 aliphatic rings. The van der Waals surface area contributed by atoms with Gasteiger partial charge in [0.25, 0.3) is 0 Å². The largest absolute Gasteiger partial charge is 0.314 e. The Morgan fingerprint density at radius 1 is 1.26 bits per heavy atom. The van der Waals surface area contributed by atoms with Crippen LogP contribution in [0.3, 0.4) is 0 Å². The maximum Gasteiger partial charge on any atom is 0.179 e. The van der Waals surface area contributed by atoms with E-state index in [4.69, 9.17) is 0 Å². The summed E-state index contributed by atoms with van der Waals surface area (Å²) in [5.74, 6) is 0.271. The smallest absolute Gasteiger partial charge is 0.179 e. The van der Waals surface area contributed by atoms with Crippen LogP contribution < -0.4 is 5.32 Å². The van der Waals surface area contributed by atoms with Crippen LogP contribution in [0.1, 0.15) is 34.8 Å². The van der Waals surface area contributed by atoms with E-state index in [-0.39, 0.29) is 11.8 Å². The predicted molar refractivity (Wildman–Crippen MR) is 78.8 cm³/mol. The molecule has 3 heteroatoms. The molecule has 3 nitrogen and oxygen atoms in total. The minimum atomic E-state index is 0.0317. The molecule has 0 aliphatic carbocycles. The zero-order valence-electron chi connectivity index (χ0n) is 12.2. The number of aryl methyl sites for hydroxylation is 2. The van der Waals surface area contributed by atoms with Gasteiger partial charge in [-0.1, -0.05) is 19.1 Å². The minimum absolute atomic E-state index is 0.0317. The number of hydrogen-bond acceptors (Lipinski definition) is 3. The summed E-state index contributed by atoms with van der Waals surface area (Å²) in [5.41, 5.74) is 3.29. The third-order valence-corrected chi connectivity index (χ3v) is 4.07. The van der Waals surface area contributed by atoms with Crippen molar-refractivity contribution in [1.82, 2.24) is 10.2 Å². The molecule has 1 saturated heterocycles. The highest BCUT2D eigenvalue weighted by Crippen LogP contribution is 2.16. The van der Waals surface area contributed by atoms with E-state index in [1.807, 2.05) is 18.2 Å². The van der Waals surface area contributed by atoms with Crippen LogP contribution in [0, 0.1) is 13.8 Å². The van der Waals surface area contributed by atoms with Gasteiger partial charge in [-0.3, -0.25) is 9.69 Å². The summed E-state index contributed by atoms with van der Waals surface area (Å²) in [6.45, 7) is 10.2. The van der Waals surface area contributed by atoms with Crippen LogP contribution in [-0.4, -0.2) is 42.9 Å². The normalized spacial score (nSPS) is 18.3. The van der Waals surface area contributed by atoms with Crippen LogP contribution in [0.4, 0.5) is 0 Å². The fraction of sp³-hybridized carbons (Fsp3) is 0.562. The van der Waals surface area contributed by atoms with Crippen molar-refractivity contribution in [3.63, 3.8) is 0 Å². The first-order valence-corrected chi connectivity index (χ1v) is 7.19. The van der Waals surface area contributed by atoms with Crippen molar-refractivity contribution in [3.05, 3.63) is 34.9 Å². The van der Waals surface area contributed by atoms with Crippen LogP contribution in [0.5, 0.6) is 0 Å². The van der Waals surface area contributed by atoms with E-state index in [9.17, 15) is 4.79 Å². The number of ketones is 1. The zero-order valence-corrected chi connectivity index (χ0v) is 12.2. The Kier molecular flexibility index (Phi) is 4.72. The van der Waals surface area contributed by atoms with Gasteiger partial charge in [0.2, 0.25) is 0 Å². The molecule has 1 unspecified atom stereocenters. The lowest BCUT2D eigenvalue weighted by Gasteiger charge is -2.33. The van der Waals surface area contributed by atoms with Crippen molar-refractivity contribution in [2.75, 3.05) is 26.2 Å². The summed E-state index contributed by atoms with van der Waals surface area (Å²) in [7, 11) is 0. The van der Waals surface area contributed by atoms with Gasteiger partial charge in [-0.05, 0) is 37.5 Å². The second-order valence-electron chi connectivity index (χ2n) is 5.37. The number of hydrogen-bond donors (Lipinski definition) is 1. The van der Waals surface area contributed by atoms with Crippen LogP contribution in [0.2, 0.25) is 0 Å². The molecule has 2 rings (SSSR count). The van der Waals surface area contributed by atoms with Gasteiger partial charge in [-0.15, -0.1) is 0 Å². The number of carbonyl (C=O) groups excluding carboxylic acids is 1. The number of benzene rings is 1. The Hall–Kier alpha value is -1.19. The highest BCUT2D eigenvalue weighted by Gasteiger charge is 2.26. The Labute approximate surface area is 116 Å². The van der Waals surface area contributed by atoms with E-state index < -0.39 is 0 Å². The highest BCUT2D eigenvalue weighted by atomic mass is 16.1. The van der Waals surface area contributed by atoms with Crippen molar-refractivity contribution >= 4 is 5.78 Å². The molecule has 19 heavy (non-hydrogen) atoms. The Bertz CT molecular complexity index is 450. The van der Waals surface area contributed by atoms with Gasteiger partial charge in [-0.2, -0.15) is 0 Å². The van der Waals surface area contributed by atoms with Gasteiger partial charge in [0.05, 0.1) is 6.04 Å². The fourth-order valence-electron chi connectivity index (χ4n) is 2.69. The Balaban J connectivity index is 2.17. The van der Waals surface area contributed by atoms with Crippen molar-refractivity contribution < 1.29 is 4.79 Å². The molecular weight excluding hydrogens is 236 g/mol. The maximum atomic E-state index is 12.7. The van der Waals surface area contributed by atoms with E-state index >= 15 is 0 Å². The fourth-order valence-corrected chi connectivity index (χ4v) is 2.69. The highest BCUT2D eigenvalue weighted by molar-refractivity contribution is 6.00. The van der Waals surface area contributed by atoms with Crippen LogP contribution in [0.15, 0.2) is 18.2 Å². The SMILES string of the molecule is CCC(C(=O)c1ccc(C)c(C)c1)N1CCNCC1. The first-order chi connectivity index (χ1) is 9.13. The van der Waals surface area contributed by atoms with Gasteiger partial charge in [-0.25, -0.2) is 0 Å². The second kappa shape index (κ2) is 6.31. The molecule has 0 spiro atoms. The molecule has 0 saturated carbocycles. The summed E-state index contributed by atoms with van der Waals surface area (Å²) in [6, 6.07) is 6.08. The molecule has 1 aromatic carbocycles. The summed E-state index contributed by atoms with van der Waals surface area (Å²) in [4.78, 5) is 15.0. The average molecular weight is 260 g/mol. The number of rotatable bonds is 4. The molecule has 1 atom stereocenters. The topological polar surface area (TPSA) is 32.3 Å². The van der Waals surface area contributed by atoms with Gasteiger partial charge in [0.15, 0.2) is 5.78 Å². The number of piperazine rings is 1. The molecule has 1 N–H and O–H groups in total. The summed E-state index contributed by atoms with van der Waals surface area (Å²) < 4.78 is 0. The van der Waals surface area contributed by atoms with Gasteiger partial charge >= 0.3 is 0 Å². The van der Waals surface area contributed by atoms with Crippen LogP contribution in [0.25, 0.3) is 0 Å². The minimum Gasteiger partial charge on any atom is -0.314 e. The third kappa shape index (κ3) is 3.23. The molecule has 1 aliphatic heterocycles. The van der Waals surface area contributed by atoms with Gasteiger partial charge in [0.1, 0.15) is 0 Å². The molecule has 1 fully saturated rings. The van der Waals surface area contributed by atoms with Crippen molar-refractivity contribution in [2.24, 2.45) is 0 Å². The summed E-state index contributed by atoms with van der Waals surface area (Å²) >= 11 is 0. The van der Waals surface area contributed by atoms with E-state index in [1.54, 1.807) is 0 Å². The summed E-state index contributed by atoms with van der Waals surface area (Å²) in [6.07, 6.45) is 0.881. The van der Waals surface area contributed by atoms with Gasteiger partial charge in [0, 0.05) is 31.7 Å². The number of nitrogens with one attached hydrogen (secondary N) is 1. The van der Waals surface area contributed by atoms with E-state index in [2.05, 4.69) is 31.0 Å². The Morgan fingerprint density at radius 3 is 2.53 bits per heavy atom. The van der Waals surface area contributed by atoms with E-state index in [0.717, 1.165) is 38.2 Å². The number of nitrogens with zero attached hydrogens (tertiary/aromatic N) is 1. The average Bonchev–Trinajstić information content (AvgIpc) is 2.44. The molecule has 0 amide bonds. The van der Waals surface area contributed by atoms with Gasteiger partial charge < -0.3 is 5.32 Å². The zero-order chi connectivity index (χ0) is 13.8. The molecule has 1 aromatic rings. The van der Waals surface area contributed by atoms with Crippen molar-refractivity contribution in [2.45, 2.75) is 33.2 Å². The van der Waals surface area contributed by atoms with E-state index in [1.165, 1.54) is 11.1 Å². The van der Waals surface area contributed by atoms with Crippen molar-refractivity contribution in [1.29, 1.82) is 0 Å². The van der Waals surface area contributed by atoms with Crippen molar-refractivity contribution in [3.8, 4) is 0 Å². The van der Waals surface area contributed by atoms with E-state index in [0.29, 0.717) is 0 Å².